The van der Waals surface area contributed by atoms with Gasteiger partial charge in [-0.05, 0) is 54.5 Å². The van der Waals surface area contributed by atoms with Crippen LogP contribution in [0.3, 0.4) is 0 Å². The van der Waals surface area contributed by atoms with Crippen LogP contribution < -0.4 is 15.4 Å². The maximum absolute atomic E-state index is 12.6. The third-order valence-corrected chi connectivity index (χ3v) is 6.11. The molecule has 0 saturated heterocycles. The summed E-state index contributed by atoms with van der Waals surface area (Å²) in [7, 11) is 0. The number of hydrogen-bond donors (Lipinski definition) is 2. The predicted octanol–water partition coefficient (Wildman–Crippen LogP) is 3.70. The van der Waals surface area contributed by atoms with Crippen LogP contribution in [0.25, 0.3) is 0 Å². The van der Waals surface area contributed by atoms with Gasteiger partial charge in [-0.3, -0.25) is 9.79 Å². The van der Waals surface area contributed by atoms with Crippen LogP contribution in [0.4, 0.5) is 0 Å². The Morgan fingerprint density at radius 1 is 1.09 bits per heavy atom. The van der Waals surface area contributed by atoms with Crippen LogP contribution in [-0.4, -0.2) is 49.6 Å². The van der Waals surface area contributed by atoms with Crippen LogP contribution in [0.5, 0.6) is 5.75 Å². The summed E-state index contributed by atoms with van der Waals surface area (Å²) < 4.78 is 5.58. The van der Waals surface area contributed by atoms with Crippen LogP contribution >= 0.6 is 24.0 Å². The summed E-state index contributed by atoms with van der Waals surface area (Å²) in [4.78, 5) is 19.3. The molecule has 0 saturated carbocycles. The fourth-order valence-corrected chi connectivity index (χ4v) is 4.35. The number of amides is 1. The Labute approximate surface area is 214 Å². The Kier molecular flexibility index (Phi) is 9.84. The zero-order chi connectivity index (χ0) is 22.2. The molecule has 0 atom stereocenters. The number of fused-ring (bicyclic) bond motifs is 2. The highest BCUT2D eigenvalue weighted by Gasteiger charge is 2.19. The number of nitrogens with zero attached hydrogens (tertiary/aromatic N) is 2. The number of hydrogen-bond acceptors (Lipinski definition) is 3. The van der Waals surface area contributed by atoms with Crippen LogP contribution in [-0.2, 0) is 30.6 Å². The van der Waals surface area contributed by atoms with Crippen molar-refractivity contribution in [2.45, 2.75) is 45.6 Å². The molecule has 0 aromatic heterocycles. The predicted molar refractivity (Wildman–Crippen MR) is 144 cm³/mol. The van der Waals surface area contributed by atoms with Gasteiger partial charge >= 0.3 is 0 Å². The molecule has 2 heterocycles. The van der Waals surface area contributed by atoms with Crippen molar-refractivity contribution in [3.05, 3.63) is 64.7 Å². The molecule has 4 rings (SSSR count). The van der Waals surface area contributed by atoms with Crippen molar-refractivity contribution in [2.24, 2.45) is 4.99 Å². The van der Waals surface area contributed by atoms with Gasteiger partial charge in [0.2, 0.25) is 5.91 Å². The Hall–Kier alpha value is -2.29. The number of aliphatic imine (C=N–C) groups is 1. The Morgan fingerprint density at radius 2 is 1.94 bits per heavy atom. The van der Waals surface area contributed by atoms with Gasteiger partial charge in [-0.25, -0.2) is 0 Å². The average molecular weight is 562 g/mol. The zero-order valence-electron chi connectivity index (χ0n) is 19.4. The fraction of sp³-hybridized carbons (Fsp3) is 0.462. The van der Waals surface area contributed by atoms with Gasteiger partial charge < -0.3 is 20.3 Å². The van der Waals surface area contributed by atoms with Crippen molar-refractivity contribution in [3.8, 4) is 5.75 Å². The number of carbonyl (C=O) groups excluding carboxylic acids is 1. The number of ether oxygens (including phenoxy) is 1. The van der Waals surface area contributed by atoms with Crippen LogP contribution in [0.15, 0.2) is 47.5 Å². The van der Waals surface area contributed by atoms with Gasteiger partial charge in [0.05, 0.1) is 6.61 Å². The van der Waals surface area contributed by atoms with Crippen molar-refractivity contribution >= 4 is 35.8 Å². The molecule has 33 heavy (non-hydrogen) atoms. The number of halogens is 1. The highest BCUT2D eigenvalue weighted by molar-refractivity contribution is 14.0. The van der Waals surface area contributed by atoms with E-state index in [2.05, 4.69) is 65.0 Å². The van der Waals surface area contributed by atoms with E-state index in [4.69, 9.17) is 4.74 Å². The van der Waals surface area contributed by atoms with Crippen molar-refractivity contribution in [3.63, 3.8) is 0 Å². The molecule has 2 aliphatic heterocycles. The molecule has 2 N–H and O–H groups in total. The quantitative estimate of drug-likeness (QED) is 0.223. The Bertz CT molecular complexity index is 963. The van der Waals surface area contributed by atoms with Crippen LogP contribution in [0, 0.1) is 0 Å². The molecule has 0 bridgehead atoms. The fourth-order valence-electron chi connectivity index (χ4n) is 4.35. The molecule has 178 valence electrons. The van der Waals surface area contributed by atoms with E-state index in [9.17, 15) is 4.79 Å². The van der Waals surface area contributed by atoms with Gasteiger partial charge in [-0.15, -0.1) is 24.0 Å². The van der Waals surface area contributed by atoms with E-state index in [1.807, 2.05) is 4.90 Å². The molecule has 6 nitrogen and oxygen atoms in total. The lowest BCUT2D eigenvalue weighted by Crippen LogP contribution is -2.38. The topological polar surface area (TPSA) is 66.0 Å². The smallest absolute Gasteiger partial charge is 0.222 e. The monoisotopic (exact) mass is 562 g/mol. The SMILES string of the molecule is CCNC(=NCCCC(=O)N1CCc2ccccc2C1)NCCc1ccc2c(c1)CCO2.I. The van der Waals surface area contributed by atoms with Crippen LogP contribution in [0.2, 0.25) is 0 Å². The van der Waals surface area contributed by atoms with E-state index in [0.29, 0.717) is 13.0 Å². The van der Waals surface area contributed by atoms with Gasteiger partial charge in [-0.1, -0.05) is 36.4 Å². The second kappa shape index (κ2) is 12.8. The maximum atomic E-state index is 12.6. The Morgan fingerprint density at radius 3 is 2.79 bits per heavy atom. The first kappa shape index (κ1) is 25.3. The van der Waals surface area contributed by atoms with Crippen LogP contribution in [0.1, 0.15) is 42.0 Å². The molecular formula is C26H35IN4O2. The third-order valence-electron chi connectivity index (χ3n) is 6.11. The first-order chi connectivity index (χ1) is 15.7. The zero-order valence-corrected chi connectivity index (χ0v) is 21.8. The number of rotatable bonds is 8. The number of benzene rings is 2. The molecule has 0 fully saturated rings. The second-order valence-electron chi connectivity index (χ2n) is 8.42. The third kappa shape index (κ3) is 7.09. The highest BCUT2D eigenvalue weighted by atomic mass is 127. The lowest BCUT2D eigenvalue weighted by atomic mass is 9.99. The van der Waals surface area contributed by atoms with Crippen molar-refractivity contribution in [1.82, 2.24) is 15.5 Å². The molecule has 0 spiro atoms. The number of nitrogens with one attached hydrogen (secondary N) is 2. The molecule has 7 heteroatoms. The van der Waals surface area contributed by atoms with Gasteiger partial charge in [0.15, 0.2) is 5.96 Å². The minimum Gasteiger partial charge on any atom is -0.493 e. The summed E-state index contributed by atoms with van der Waals surface area (Å²) in [6.07, 6.45) is 4.20. The van der Waals surface area contributed by atoms with Crippen molar-refractivity contribution < 1.29 is 9.53 Å². The van der Waals surface area contributed by atoms with Gasteiger partial charge in [0.25, 0.3) is 0 Å². The minimum atomic E-state index is 0. The second-order valence-corrected chi connectivity index (χ2v) is 8.42. The molecule has 2 aromatic rings. The summed E-state index contributed by atoms with van der Waals surface area (Å²) in [6, 6.07) is 14.9. The summed E-state index contributed by atoms with van der Waals surface area (Å²) in [5, 5.41) is 6.71. The largest absolute Gasteiger partial charge is 0.493 e. The summed E-state index contributed by atoms with van der Waals surface area (Å²) in [6.45, 7) is 6.68. The van der Waals surface area contributed by atoms with Gasteiger partial charge in [0.1, 0.15) is 5.75 Å². The van der Waals surface area contributed by atoms with Crippen molar-refractivity contribution in [2.75, 3.05) is 32.8 Å². The summed E-state index contributed by atoms with van der Waals surface area (Å²) in [5.41, 5.74) is 5.27. The lowest BCUT2D eigenvalue weighted by molar-refractivity contribution is -0.132. The molecule has 2 aliphatic rings. The normalized spacial score (nSPS) is 14.6. The minimum absolute atomic E-state index is 0. The molecule has 0 unspecified atom stereocenters. The van der Waals surface area contributed by atoms with E-state index in [1.54, 1.807) is 0 Å². The molecule has 0 radical (unpaired) electrons. The van der Waals surface area contributed by atoms with E-state index < -0.39 is 0 Å². The maximum Gasteiger partial charge on any atom is 0.222 e. The standard InChI is InChI=1S/C26H34N4O2.HI/c1-2-27-26(29-15-11-20-9-10-24-22(18-20)13-17-32-24)28-14-5-8-25(31)30-16-12-21-6-3-4-7-23(21)19-30;/h3-4,6-7,9-10,18H,2,5,8,11-17,19H2,1H3,(H2,27,28,29);1H. The van der Waals surface area contributed by atoms with E-state index in [1.165, 1.54) is 22.3 Å². The van der Waals surface area contributed by atoms with Gasteiger partial charge in [-0.2, -0.15) is 0 Å². The van der Waals surface area contributed by atoms with E-state index >= 15 is 0 Å². The van der Waals surface area contributed by atoms with Crippen molar-refractivity contribution in [1.29, 1.82) is 0 Å². The lowest BCUT2D eigenvalue weighted by Gasteiger charge is -2.28. The molecule has 0 aliphatic carbocycles. The first-order valence-corrected chi connectivity index (χ1v) is 11.8. The summed E-state index contributed by atoms with van der Waals surface area (Å²) in [5.74, 6) is 2.07. The highest BCUT2D eigenvalue weighted by Crippen LogP contribution is 2.25. The van der Waals surface area contributed by atoms with E-state index in [-0.39, 0.29) is 29.9 Å². The molecular weight excluding hydrogens is 527 g/mol. The number of carbonyl (C=O) groups is 1. The Balaban J connectivity index is 0.00000306. The average Bonchev–Trinajstić information content (AvgIpc) is 3.29. The number of guanidine groups is 1. The summed E-state index contributed by atoms with van der Waals surface area (Å²) >= 11 is 0. The molecule has 1 amide bonds. The molecule has 2 aromatic carbocycles. The van der Waals surface area contributed by atoms with E-state index in [0.717, 1.165) is 70.2 Å². The first-order valence-electron chi connectivity index (χ1n) is 11.8. The van der Waals surface area contributed by atoms with Gasteiger partial charge in [0, 0.05) is 45.6 Å².